The fraction of sp³-hybridized carbons (Fsp3) is 0.364. The number of anilines is 1. The predicted molar refractivity (Wildman–Crippen MR) is 112 cm³/mol. The molecule has 7 nitrogen and oxygen atoms in total. The number of piperidine rings is 1. The van der Waals surface area contributed by atoms with Gasteiger partial charge in [0.25, 0.3) is 5.91 Å². The van der Waals surface area contributed by atoms with Crippen LogP contribution in [0.25, 0.3) is 0 Å². The number of hydrogen-bond acceptors (Lipinski definition) is 5. The molecule has 3 heterocycles. The molecule has 150 valence electrons. The van der Waals surface area contributed by atoms with E-state index in [-0.39, 0.29) is 11.9 Å². The van der Waals surface area contributed by atoms with Crippen molar-refractivity contribution in [1.29, 1.82) is 0 Å². The molecule has 3 aromatic rings. The Labute approximate surface area is 170 Å². The number of aryl methyl sites for hydroxylation is 2. The molecule has 1 N–H and O–H groups in total. The highest BCUT2D eigenvalue weighted by molar-refractivity contribution is 5.94. The summed E-state index contributed by atoms with van der Waals surface area (Å²) < 4.78 is 1.86. The largest absolute Gasteiger partial charge is 0.354 e. The molecular weight excluding hydrogens is 364 g/mol. The summed E-state index contributed by atoms with van der Waals surface area (Å²) in [7, 11) is 0. The van der Waals surface area contributed by atoms with E-state index in [0.717, 1.165) is 48.8 Å². The van der Waals surface area contributed by atoms with Crippen molar-refractivity contribution in [2.24, 2.45) is 0 Å². The first-order valence-corrected chi connectivity index (χ1v) is 10.0. The molecule has 2 aromatic heterocycles. The van der Waals surface area contributed by atoms with E-state index >= 15 is 0 Å². The van der Waals surface area contributed by atoms with Crippen LogP contribution in [0.3, 0.4) is 0 Å². The molecule has 1 amide bonds. The molecule has 4 rings (SSSR count). The highest BCUT2D eigenvalue weighted by Crippen LogP contribution is 2.19. The number of hydrogen-bond donors (Lipinski definition) is 1. The SMILES string of the molecule is Cc1cc(N2CCCC(NC(=O)c3ccc(Cn4cccn4)cc3)C2)nc(C)n1. The number of nitrogens with zero attached hydrogens (tertiary/aromatic N) is 5. The van der Waals surface area contributed by atoms with Gasteiger partial charge in [-0.25, -0.2) is 9.97 Å². The van der Waals surface area contributed by atoms with Gasteiger partial charge in [-0.05, 0) is 50.5 Å². The normalized spacial score (nSPS) is 16.6. The van der Waals surface area contributed by atoms with E-state index in [1.165, 1.54) is 0 Å². The summed E-state index contributed by atoms with van der Waals surface area (Å²) in [6.07, 6.45) is 5.69. The molecule has 0 spiro atoms. The van der Waals surface area contributed by atoms with Gasteiger partial charge >= 0.3 is 0 Å². The lowest BCUT2D eigenvalue weighted by molar-refractivity contribution is 0.0933. The first-order chi connectivity index (χ1) is 14.1. The summed E-state index contributed by atoms with van der Waals surface area (Å²) in [5, 5.41) is 7.40. The summed E-state index contributed by atoms with van der Waals surface area (Å²) in [5.74, 6) is 1.69. The van der Waals surface area contributed by atoms with Crippen LogP contribution >= 0.6 is 0 Å². The number of amides is 1. The van der Waals surface area contributed by atoms with Crippen molar-refractivity contribution in [3.63, 3.8) is 0 Å². The molecule has 0 saturated carbocycles. The molecule has 1 fully saturated rings. The third-order valence-electron chi connectivity index (χ3n) is 5.15. The second-order valence-electron chi connectivity index (χ2n) is 7.57. The summed E-state index contributed by atoms with van der Waals surface area (Å²) >= 11 is 0. The van der Waals surface area contributed by atoms with Crippen molar-refractivity contribution >= 4 is 11.7 Å². The lowest BCUT2D eigenvalue weighted by atomic mass is 10.0. The summed E-state index contributed by atoms with van der Waals surface area (Å²) in [4.78, 5) is 23.9. The lowest BCUT2D eigenvalue weighted by Crippen LogP contribution is -2.48. The average Bonchev–Trinajstić information content (AvgIpc) is 3.21. The fourth-order valence-electron chi connectivity index (χ4n) is 3.77. The minimum absolute atomic E-state index is 0.0301. The van der Waals surface area contributed by atoms with Gasteiger partial charge in [0.2, 0.25) is 0 Å². The smallest absolute Gasteiger partial charge is 0.251 e. The second kappa shape index (κ2) is 8.43. The van der Waals surface area contributed by atoms with Crippen LogP contribution in [-0.2, 0) is 6.54 Å². The molecule has 1 aromatic carbocycles. The van der Waals surface area contributed by atoms with Crippen LogP contribution in [0.5, 0.6) is 0 Å². The number of rotatable bonds is 5. The van der Waals surface area contributed by atoms with Crippen molar-refractivity contribution in [3.8, 4) is 0 Å². The van der Waals surface area contributed by atoms with Crippen molar-refractivity contribution in [2.75, 3.05) is 18.0 Å². The van der Waals surface area contributed by atoms with Crippen LogP contribution < -0.4 is 10.2 Å². The molecule has 1 aliphatic heterocycles. The van der Waals surface area contributed by atoms with E-state index in [2.05, 4.69) is 25.3 Å². The zero-order valence-corrected chi connectivity index (χ0v) is 16.9. The van der Waals surface area contributed by atoms with Gasteiger partial charge in [0.05, 0.1) is 6.54 Å². The standard InChI is InChI=1S/C22H26N6O/c1-16-13-21(25-17(2)24-16)27-11-3-5-20(15-27)26-22(29)19-8-6-18(7-9-19)14-28-12-4-10-23-28/h4,6-10,12-13,20H,3,5,11,14-15H2,1-2H3,(H,26,29). The van der Waals surface area contributed by atoms with Crippen molar-refractivity contribution < 1.29 is 4.79 Å². The van der Waals surface area contributed by atoms with Gasteiger partial charge < -0.3 is 10.2 Å². The molecular formula is C22H26N6O. The summed E-state index contributed by atoms with van der Waals surface area (Å²) in [6.45, 7) is 6.31. The van der Waals surface area contributed by atoms with E-state index in [0.29, 0.717) is 12.1 Å². The maximum Gasteiger partial charge on any atom is 0.251 e. The quantitative estimate of drug-likeness (QED) is 0.725. The van der Waals surface area contributed by atoms with Crippen molar-refractivity contribution in [1.82, 2.24) is 25.1 Å². The van der Waals surface area contributed by atoms with Crippen LogP contribution in [0, 0.1) is 13.8 Å². The molecule has 1 saturated heterocycles. The minimum atomic E-state index is -0.0301. The summed E-state index contributed by atoms with van der Waals surface area (Å²) in [5.41, 5.74) is 2.76. The highest BCUT2D eigenvalue weighted by atomic mass is 16.1. The first kappa shape index (κ1) is 19.1. The van der Waals surface area contributed by atoms with Crippen LogP contribution in [-0.4, -0.2) is 44.8 Å². The van der Waals surface area contributed by atoms with Crippen molar-refractivity contribution in [3.05, 3.63) is 71.4 Å². The van der Waals surface area contributed by atoms with E-state index < -0.39 is 0 Å². The Morgan fingerprint density at radius 3 is 2.76 bits per heavy atom. The monoisotopic (exact) mass is 390 g/mol. The number of nitrogens with one attached hydrogen (secondary N) is 1. The van der Waals surface area contributed by atoms with Crippen LogP contribution in [0.4, 0.5) is 5.82 Å². The Balaban J connectivity index is 1.37. The number of carbonyl (C=O) groups excluding carboxylic acids is 1. The molecule has 0 bridgehead atoms. The van der Waals surface area contributed by atoms with Crippen LogP contribution in [0.1, 0.15) is 40.3 Å². The zero-order chi connectivity index (χ0) is 20.2. The van der Waals surface area contributed by atoms with Gasteiger partial charge in [-0.1, -0.05) is 12.1 Å². The molecule has 0 radical (unpaired) electrons. The van der Waals surface area contributed by atoms with Crippen molar-refractivity contribution in [2.45, 2.75) is 39.3 Å². The van der Waals surface area contributed by atoms with Gasteiger partial charge in [0.15, 0.2) is 0 Å². The maximum atomic E-state index is 12.7. The van der Waals surface area contributed by atoms with Gasteiger partial charge in [-0.15, -0.1) is 0 Å². The average molecular weight is 390 g/mol. The number of carbonyl (C=O) groups is 1. The predicted octanol–water partition coefficient (Wildman–Crippen LogP) is 2.74. The van der Waals surface area contributed by atoms with E-state index in [1.54, 1.807) is 6.20 Å². The Kier molecular flexibility index (Phi) is 5.55. The third kappa shape index (κ3) is 4.80. The molecule has 0 aliphatic carbocycles. The van der Waals surface area contributed by atoms with Crippen LogP contribution in [0.2, 0.25) is 0 Å². The van der Waals surface area contributed by atoms with Gasteiger partial charge in [-0.2, -0.15) is 5.10 Å². The topological polar surface area (TPSA) is 75.9 Å². The Bertz CT molecular complexity index is 947. The highest BCUT2D eigenvalue weighted by Gasteiger charge is 2.23. The van der Waals surface area contributed by atoms with E-state index in [4.69, 9.17) is 0 Å². The number of benzene rings is 1. The Hall–Kier alpha value is -3.22. The number of aromatic nitrogens is 4. The van der Waals surface area contributed by atoms with Gasteiger partial charge in [0.1, 0.15) is 11.6 Å². The van der Waals surface area contributed by atoms with Gasteiger partial charge in [0, 0.05) is 48.8 Å². The second-order valence-corrected chi connectivity index (χ2v) is 7.57. The molecule has 1 aliphatic rings. The van der Waals surface area contributed by atoms with E-state index in [1.807, 2.05) is 61.1 Å². The maximum absolute atomic E-state index is 12.7. The molecule has 7 heteroatoms. The lowest BCUT2D eigenvalue weighted by Gasteiger charge is -2.34. The first-order valence-electron chi connectivity index (χ1n) is 10.0. The Morgan fingerprint density at radius 2 is 2.03 bits per heavy atom. The van der Waals surface area contributed by atoms with Crippen LogP contribution in [0.15, 0.2) is 48.8 Å². The third-order valence-corrected chi connectivity index (χ3v) is 5.15. The zero-order valence-electron chi connectivity index (χ0n) is 16.9. The summed E-state index contributed by atoms with van der Waals surface area (Å²) in [6, 6.07) is 11.7. The molecule has 1 unspecified atom stereocenters. The molecule has 29 heavy (non-hydrogen) atoms. The Morgan fingerprint density at radius 1 is 1.21 bits per heavy atom. The van der Waals surface area contributed by atoms with Gasteiger partial charge in [-0.3, -0.25) is 9.48 Å². The molecule has 1 atom stereocenters. The fourth-order valence-corrected chi connectivity index (χ4v) is 3.77. The van der Waals surface area contributed by atoms with E-state index in [9.17, 15) is 4.79 Å². The minimum Gasteiger partial charge on any atom is -0.354 e.